The van der Waals surface area contributed by atoms with Crippen LogP contribution in [0.3, 0.4) is 0 Å². The summed E-state index contributed by atoms with van der Waals surface area (Å²) in [5.41, 5.74) is 4.00. The molecule has 0 N–H and O–H groups in total. The molecule has 7 heteroatoms. The van der Waals surface area contributed by atoms with Gasteiger partial charge in [0, 0.05) is 18.7 Å². The third-order valence-electron chi connectivity index (χ3n) is 6.08. The summed E-state index contributed by atoms with van der Waals surface area (Å²) >= 11 is 0. The first kappa shape index (κ1) is 21.6. The number of hydrogen-bond donors (Lipinski definition) is 0. The number of aryl methyl sites for hydroxylation is 2. The number of carbonyl (C=O) groups is 4. The zero-order valence-corrected chi connectivity index (χ0v) is 18.8. The normalized spacial score (nSPS) is 17.4. The molecule has 1 saturated heterocycles. The van der Waals surface area contributed by atoms with E-state index in [2.05, 4.69) is 0 Å². The van der Waals surface area contributed by atoms with E-state index < -0.39 is 11.9 Å². The van der Waals surface area contributed by atoms with Crippen LogP contribution in [0.2, 0.25) is 0 Å². The monoisotopic (exact) mass is 454 g/mol. The fourth-order valence-corrected chi connectivity index (χ4v) is 4.51. The summed E-state index contributed by atoms with van der Waals surface area (Å²) in [6, 6.07) is 18.7. The van der Waals surface area contributed by atoms with E-state index in [-0.39, 0.29) is 36.4 Å². The minimum Gasteiger partial charge on any atom is -0.426 e. The molecule has 3 aromatic carbocycles. The van der Waals surface area contributed by atoms with Gasteiger partial charge in [-0.2, -0.15) is 0 Å². The quantitative estimate of drug-likeness (QED) is 0.337. The molecule has 0 bridgehead atoms. The standard InChI is InChI=1S/C27H22N2O5/c1-16-11-17(2)13-20(12-16)28-15-18(14-24(28)30)27(33)34-21-9-7-19(8-10-21)29-25(31)22-5-3-4-6-23(22)26(29)32/h3-13,18H,14-15H2,1-2H3/t18-/m0/s1. The molecule has 170 valence electrons. The second-order valence-corrected chi connectivity index (χ2v) is 8.66. The number of benzene rings is 3. The van der Waals surface area contributed by atoms with Crippen LogP contribution in [0, 0.1) is 19.8 Å². The fourth-order valence-electron chi connectivity index (χ4n) is 4.51. The first-order valence-electron chi connectivity index (χ1n) is 11.0. The van der Waals surface area contributed by atoms with Crippen molar-refractivity contribution in [3.63, 3.8) is 0 Å². The molecule has 0 aromatic heterocycles. The van der Waals surface area contributed by atoms with E-state index in [1.165, 1.54) is 12.1 Å². The Balaban J connectivity index is 1.27. The van der Waals surface area contributed by atoms with Gasteiger partial charge in [-0.1, -0.05) is 18.2 Å². The molecule has 2 heterocycles. The number of nitrogens with zero attached hydrogens (tertiary/aromatic N) is 2. The summed E-state index contributed by atoms with van der Waals surface area (Å²) in [6.45, 7) is 4.19. The van der Waals surface area contributed by atoms with Crippen LogP contribution in [0.15, 0.2) is 66.7 Å². The van der Waals surface area contributed by atoms with Crippen molar-refractivity contribution in [3.05, 3.63) is 89.0 Å². The maximum Gasteiger partial charge on any atom is 0.316 e. The highest BCUT2D eigenvalue weighted by atomic mass is 16.5. The van der Waals surface area contributed by atoms with Crippen LogP contribution in [0.1, 0.15) is 38.3 Å². The number of rotatable bonds is 4. The van der Waals surface area contributed by atoms with Crippen molar-refractivity contribution in [2.24, 2.45) is 5.92 Å². The zero-order valence-electron chi connectivity index (χ0n) is 18.8. The molecule has 1 atom stereocenters. The van der Waals surface area contributed by atoms with E-state index in [4.69, 9.17) is 4.74 Å². The van der Waals surface area contributed by atoms with Crippen molar-refractivity contribution in [3.8, 4) is 5.75 Å². The molecule has 0 saturated carbocycles. The first-order chi connectivity index (χ1) is 16.3. The first-order valence-corrected chi connectivity index (χ1v) is 11.0. The fraction of sp³-hybridized carbons (Fsp3) is 0.185. The third-order valence-corrected chi connectivity index (χ3v) is 6.08. The maximum atomic E-state index is 12.7. The molecule has 2 aliphatic rings. The van der Waals surface area contributed by atoms with Gasteiger partial charge in [0.2, 0.25) is 5.91 Å². The maximum absolute atomic E-state index is 12.7. The van der Waals surface area contributed by atoms with Gasteiger partial charge in [-0.05, 0) is 73.5 Å². The molecule has 7 nitrogen and oxygen atoms in total. The molecular weight excluding hydrogens is 432 g/mol. The van der Waals surface area contributed by atoms with Crippen LogP contribution in [-0.2, 0) is 9.59 Å². The molecule has 0 radical (unpaired) electrons. The van der Waals surface area contributed by atoms with E-state index in [0.717, 1.165) is 21.7 Å². The van der Waals surface area contributed by atoms with Gasteiger partial charge in [0.25, 0.3) is 11.8 Å². The van der Waals surface area contributed by atoms with Crippen LogP contribution >= 0.6 is 0 Å². The molecule has 2 aliphatic heterocycles. The largest absolute Gasteiger partial charge is 0.426 e. The van der Waals surface area contributed by atoms with Crippen molar-refractivity contribution < 1.29 is 23.9 Å². The van der Waals surface area contributed by atoms with E-state index in [9.17, 15) is 19.2 Å². The minimum atomic E-state index is -0.579. The van der Waals surface area contributed by atoms with Gasteiger partial charge in [0.05, 0.1) is 22.7 Å². The smallest absolute Gasteiger partial charge is 0.316 e. The Morgan fingerprint density at radius 1 is 0.824 bits per heavy atom. The van der Waals surface area contributed by atoms with Gasteiger partial charge >= 0.3 is 5.97 Å². The second kappa shape index (κ2) is 8.26. The van der Waals surface area contributed by atoms with Gasteiger partial charge < -0.3 is 9.64 Å². The number of hydrogen-bond acceptors (Lipinski definition) is 5. The summed E-state index contributed by atoms with van der Waals surface area (Å²) in [6.07, 6.45) is 0.0823. The number of fused-ring (bicyclic) bond motifs is 1. The predicted octanol–water partition coefficient (Wildman–Crippen LogP) is 4.06. The van der Waals surface area contributed by atoms with Crippen molar-refractivity contribution in [1.29, 1.82) is 0 Å². The van der Waals surface area contributed by atoms with E-state index in [1.54, 1.807) is 41.3 Å². The summed E-state index contributed by atoms with van der Waals surface area (Å²) < 4.78 is 5.51. The third kappa shape index (κ3) is 3.75. The van der Waals surface area contributed by atoms with Crippen LogP contribution in [0.25, 0.3) is 0 Å². The van der Waals surface area contributed by atoms with Crippen LogP contribution < -0.4 is 14.5 Å². The second-order valence-electron chi connectivity index (χ2n) is 8.66. The zero-order chi connectivity index (χ0) is 24.0. The average Bonchev–Trinajstić information content (AvgIpc) is 3.32. The van der Waals surface area contributed by atoms with E-state index in [0.29, 0.717) is 16.8 Å². The Morgan fingerprint density at radius 3 is 2.00 bits per heavy atom. The van der Waals surface area contributed by atoms with E-state index in [1.807, 2.05) is 32.0 Å². The lowest BCUT2D eigenvalue weighted by atomic mass is 10.1. The Morgan fingerprint density at radius 2 is 1.41 bits per heavy atom. The number of imide groups is 1. The predicted molar refractivity (Wildman–Crippen MR) is 126 cm³/mol. The van der Waals surface area contributed by atoms with Crippen molar-refractivity contribution in [2.45, 2.75) is 20.3 Å². The van der Waals surface area contributed by atoms with Crippen LogP contribution in [0.5, 0.6) is 5.75 Å². The highest BCUT2D eigenvalue weighted by Crippen LogP contribution is 2.31. The molecule has 1 fully saturated rings. The van der Waals surface area contributed by atoms with Gasteiger partial charge in [0.1, 0.15) is 5.75 Å². The van der Waals surface area contributed by atoms with Crippen molar-refractivity contribution in [2.75, 3.05) is 16.3 Å². The van der Waals surface area contributed by atoms with Gasteiger partial charge in [-0.25, -0.2) is 4.90 Å². The van der Waals surface area contributed by atoms with Gasteiger partial charge in [-0.3, -0.25) is 19.2 Å². The number of amides is 3. The number of anilines is 2. The number of carbonyl (C=O) groups excluding carboxylic acids is 4. The van der Waals surface area contributed by atoms with E-state index >= 15 is 0 Å². The lowest BCUT2D eigenvalue weighted by Crippen LogP contribution is -2.29. The highest BCUT2D eigenvalue weighted by Gasteiger charge is 2.38. The minimum absolute atomic E-state index is 0.0823. The number of ether oxygens (including phenoxy) is 1. The lowest BCUT2D eigenvalue weighted by molar-refractivity contribution is -0.139. The SMILES string of the molecule is Cc1cc(C)cc(N2C[C@@H](C(=O)Oc3ccc(N4C(=O)c5ccccc5C4=O)cc3)CC2=O)c1. The topological polar surface area (TPSA) is 84.0 Å². The van der Waals surface area contributed by atoms with Gasteiger partial charge in [-0.15, -0.1) is 0 Å². The molecule has 5 rings (SSSR count). The molecule has 0 unspecified atom stereocenters. The number of esters is 1. The Labute approximate surface area is 196 Å². The van der Waals surface area contributed by atoms with Crippen molar-refractivity contribution >= 4 is 35.1 Å². The van der Waals surface area contributed by atoms with Crippen LogP contribution in [-0.4, -0.2) is 30.2 Å². The summed E-state index contributed by atoms with van der Waals surface area (Å²) in [7, 11) is 0. The molecular formula is C27H22N2O5. The van der Waals surface area contributed by atoms with Crippen LogP contribution in [0.4, 0.5) is 11.4 Å². The van der Waals surface area contributed by atoms with Crippen molar-refractivity contribution in [1.82, 2.24) is 0 Å². The Kier molecular flexibility index (Phi) is 5.24. The summed E-state index contributed by atoms with van der Waals surface area (Å²) in [5, 5.41) is 0. The molecule has 0 spiro atoms. The molecule has 3 aromatic rings. The average molecular weight is 454 g/mol. The molecule has 3 amide bonds. The van der Waals surface area contributed by atoms with Gasteiger partial charge in [0.15, 0.2) is 0 Å². The highest BCUT2D eigenvalue weighted by molar-refractivity contribution is 6.34. The molecule has 34 heavy (non-hydrogen) atoms. The summed E-state index contributed by atoms with van der Waals surface area (Å²) in [5.74, 6) is -1.68. The Bertz CT molecular complexity index is 1290. The summed E-state index contributed by atoms with van der Waals surface area (Å²) in [4.78, 5) is 53.3. The molecule has 0 aliphatic carbocycles. The lowest BCUT2D eigenvalue weighted by Gasteiger charge is -2.18. The Hall–Kier alpha value is -4.26.